The summed E-state index contributed by atoms with van der Waals surface area (Å²) in [7, 11) is 3.21. The smallest absolute Gasteiger partial charge is 0.257 e. The lowest BCUT2D eigenvalue weighted by Crippen LogP contribution is -2.49. The van der Waals surface area contributed by atoms with Crippen molar-refractivity contribution in [2.24, 2.45) is 0 Å². The molecule has 1 saturated heterocycles. The molecule has 1 aromatic carbocycles. The molecule has 9 nitrogen and oxygen atoms in total. The highest BCUT2D eigenvalue weighted by atomic mass is 16.5. The van der Waals surface area contributed by atoms with Crippen LogP contribution in [0.2, 0.25) is 0 Å². The second kappa shape index (κ2) is 8.17. The van der Waals surface area contributed by atoms with Gasteiger partial charge in [-0.25, -0.2) is 0 Å². The number of benzene rings is 1. The fraction of sp³-hybridized carbons (Fsp3) is 0.429. The molecule has 1 aliphatic heterocycles. The maximum Gasteiger partial charge on any atom is 0.257 e. The molecular weight excluding hydrogens is 384 g/mol. The van der Waals surface area contributed by atoms with Gasteiger partial charge >= 0.3 is 0 Å². The molecule has 158 valence electrons. The lowest BCUT2D eigenvalue weighted by Gasteiger charge is -2.35. The van der Waals surface area contributed by atoms with E-state index in [4.69, 9.17) is 9.47 Å². The minimum Gasteiger partial charge on any atom is -0.497 e. The summed E-state index contributed by atoms with van der Waals surface area (Å²) in [4.78, 5) is 21.6. The van der Waals surface area contributed by atoms with Crippen molar-refractivity contribution in [1.29, 1.82) is 0 Å². The number of amides is 1. The van der Waals surface area contributed by atoms with Gasteiger partial charge in [0.2, 0.25) is 5.91 Å². The highest BCUT2D eigenvalue weighted by Gasteiger charge is 2.23. The zero-order valence-electron chi connectivity index (χ0n) is 17.8. The molecule has 0 spiro atoms. The highest BCUT2D eigenvalue weighted by molar-refractivity contribution is 5.79. The molecule has 1 amide bonds. The van der Waals surface area contributed by atoms with Crippen LogP contribution in [0.15, 0.2) is 24.3 Å². The molecule has 2 aromatic heterocycles. The molecule has 30 heavy (non-hydrogen) atoms. The van der Waals surface area contributed by atoms with E-state index >= 15 is 0 Å². The van der Waals surface area contributed by atoms with E-state index in [2.05, 4.69) is 20.1 Å². The third-order valence-corrected chi connectivity index (χ3v) is 5.44. The Morgan fingerprint density at radius 2 is 1.63 bits per heavy atom. The number of ether oxygens (including phenoxy) is 2. The Morgan fingerprint density at radius 1 is 0.967 bits per heavy atom. The minimum atomic E-state index is 0.0950. The molecule has 3 heterocycles. The summed E-state index contributed by atoms with van der Waals surface area (Å²) in [6, 6.07) is 7.59. The molecule has 0 saturated carbocycles. The van der Waals surface area contributed by atoms with Crippen LogP contribution in [0.4, 0.5) is 5.82 Å². The topological polar surface area (TPSA) is 85.1 Å². The summed E-state index contributed by atoms with van der Waals surface area (Å²) in [6.45, 7) is 6.69. The number of hydrogen-bond acceptors (Lipinski definition) is 7. The first-order valence-electron chi connectivity index (χ1n) is 9.92. The molecule has 3 aromatic rings. The molecule has 0 atom stereocenters. The zero-order valence-corrected chi connectivity index (χ0v) is 17.8. The van der Waals surface area contributed by atoms with Crippen LogP contribution in [0.1, 0.15) is 17.1 Å². The Kier molecular flexibility index (Phi) is 5.43. The average Bonchev–Trinajstić information content (AvgIpc) is 3.14. The minimum absolute atomic E-state index is 0.0950. The van der Waals surface area contributed by atoms with Gasteiger partial charge in [0.05, 0.1) is 20.6 Å². The third kappa shape index (κ3) is 3.87. The molecule has 0 radical (unpaired) electrons. The van der Waals surface area contributed by atoms with Gasteiger partial charge in [0.15, 0.2) is 0 Å². The van der Waals surface area contributed by atoms with Crippen LogP contribution in [-0.4, -0.2) is 70.8 Å². The van der Waals surface area contributed by atoms with E-state index in [1.165, 1.54) is 0 Å². The van der Waals surface area contributed by atoms with Crippen LogP contribution >= 0.6 is 0 Å². The van der Waals surface area contributed by atoms with Crippen molar-refractivity contribution in [3.63, 3.8) is 0 Å². The first-order chi connectivity index (χ1) is 14.5. The fourth-order valence-electron chi connectivity index (χ4n) is 3.82. The van der Waals surface area contributed by atoms with E-state index in [0.717, 1.165) is 36.0 Å². The summed E-state index contributed by atoms with van der Waals surface area (Å²) < 4.78 is 12.5. The third-order valence-electron chi connectivity index (χ3n) is 5.44. The lowest BCUT2D eigenvalue weighted by molar-refractivity contribution is -0.130. The number of rotatable bonds is 5. The van der Waals surface area contributed by atoms with Gasteiger partial charge in [-0.2, -0.15) is 4.98 Å². The lowest BCUT2D eigenvalue weighted by atomic mass is 10.1. The van der Waals surface area contributed by atoms with Crippen molar-refractivity contribution in [3.05, 3.63) is 41.3 Å². The molecule has 4 rings (SSSR count). The Labute approximate surface area is 175 Å². The summed E-state index contributed by atoms with van der Waals surface area (Å²) >= 11 is 0. The van der Waals surface area contributed by atoms with Gasteiger partial charge in [-0.1, -0.05) is 0 Å². The number of piperazine rings is 1. The van der Waals surface area contributed by atoms with Crippen LogP contribution < -0.4 is 14.4 Å². The van der Waals surface area contributed by atoms with Gasteiger partial charge in [-0.3, -0.25) is 9.20 Å². The number of nitrogens with zero attached hydrogens (tertiary/aromatic N) is 6. The van der Waals surface area contributed by atoms with Crippen molar-refractivity contribution in [1.82, 2.24) is 24.5 Å². The zero-order chi connectivity index (χ0) is 21.3. The van der Waals surface area contributed by atoms with Gasteiger partial charge < -0.3 is 19.3 Å². The van der Waals surface area contributed by atoms with E-state index in [1.807, 2.05) is 41.3 Å². The average molecular weight is 410 g/mol. The molecule has 1 fully saturated rings. The first-order valence-corrected chi connectivity index (χ1v) is 9.92. The van der Waals surface area contributed by atoms with Crippen LogP contribution in [0.5, 0.6) is 11.5 Å². The Hall–Kier alpha value is -3.36. The van der Waals surface area contributed by atoms with Crippen LogP contribution in [-0.2, 0) is 11.2 Å². The number of aromatic nitrogens is 4. The van der Waals surface area contributed by atoms with Gasteiger partial charge in [-0.15, -0.1) is 10.2 Å². The van der Waals surface area contributed by atoms with Crippen molar-refractivity contribution in [3.8, 4) is 11.5 Å². The largest absolute Gasteiger partial charge is 0.497 e. The summed E-state index contributed by atoms with van der Waals surface area (Å²) in [5.41, 5.74) is 1.92. The molecular formula is C21H26N6O3. The molecule has 0 aliphatic carbocycles. The second-order valence-corrected chi connectivity index (χ2v) is 7.40. The molecule has 9 heteroatoms. The standard InChI is InChI=1S/C21H26N6O3/c1-14-9-19(22-21-24-23-15(2)27(14)21)25-5-7-26(8-6-25)20(28)12-16-10-17(29-3)13-18(11-16)30-4/h9-11,13H,5-8,12H2,1-4H3. The Morgan fingerprint density at radius 3 is 2.27 bits per heavy atom. The molecule has 0 N–H and O–H groups in total. The molecule has 0 unspecified atom stereocenters. The van der Waals surface area contributed by atoms with E-state index in [-0.39, 0.29) is 5.91 Å². The summed E-state index contributed by atoms with van der Waals surface area (Å²) in [6.07, 6.45) is 0.315. The number of anilines is 1. The highest BCUT2D eigenvalue weighted by Crippen LogP contribution is 2.23. The maximum absolute atomic E-state index is 12.8. The molecule has 1 aliphatic rings. The number of carbonyl (C=O) groups is 1. The van der Waals surface area contributed by atoms with Crippen LogP contribution in [0.25, 0.3) is 5.78 Å². The van der Waals surface area contributed by atoms with Gasteiger partial charge in [-0.05, 0) is 31.5 Å². The Bertz CT molecular complexity index is 1050. The van der Waals surface area contributed by atoms with Crippen LogP contribution in [0.3, 0.4) is 0 Å². The number of aryl methyl sites for hydroxylation is 2. The Balaban J connectivity index is 1.41. The predicted molar refractivity (Wildman–Crippen MR) is 112 cm³/mol. The summed E-state index contributed by atoms with van der Waals surface area (Å²) in [5.74, 6) is 3.76. The predicted octanol–water partition coefficient (Wildman–Crippen LogP) is 1.65. The number of hydrogen-bond donors (Lipinski definition) is 0. The van der Waals surface area contributed by atoms with Crippen molar-refractivity contribution in [2.75, 3.05) is 45.3 Å². The SMILES string of the molecule is COc1cc(CC(=O)N2CCN(c3cc(C)n4c(C)nnc4n3)CC2)cc(OC)c1. The van der Waals surface area contributed by atoms with Gasteiger partial charge in [0.1, 0.15) is 23.1 Å². The quantitative estimate of drug-likeness (QED) is 0.632. The van der Waals surface area contributed by atoms with E-state index in [9.17, 15) is 4.79 Å². The van der Waals surface area contributed by atoms with Crippen molar-refractivity contribution < 1.29 is 14.3 Å². The first kappa shape index (κ1) is 19.9. The van der Waals surface area contributed by atoms with E-state index in [1.54, 1.807) is 20.3 Å². The van der Waals surface area contributed by atoms with E-state index in [0.29, 0.717) is 36.8 Å². The normalized spacial score (nSPS) is 14.3. The van der Waals surface area contributed by atoms with Crippen molar-refractivity contribution in [2.45, 2.75) is 20.3 Å². The number of fused-ring (bicyclic) bond motifs is 1. The number of carbonyl (C=O) groups excluding carboxylic acids is 1. The van der Waals surface area contributed by atoms with Crippen LogP contribution in [0, 0.1) is 13.8 Å². The second-order valence-electron chi connectivity index (χ2n) is 7.40. The van der Waals surface area contributed by atoms with Gasteiger partial charge in [0, 0.05) is 44.0 Å². The maximum atomic E-state index is 12.8. The van der Waals surface area contributed by atoms with E-state index < -0.39 is 0 Å². The van der Waals surface area contributed by atoms with Crippen molar-refractivity contribution >= 4 is 17.5 Å². The molecule has 0 bridgehead atoms. The van der Waals surface area contributed by atoms with Gasteiger partial charge in [0.25, 0.3) is 5.78 Å². The fourth-order valence-corrected chi connectivity index (χ4v) is 3.82. The summed E-state index contributed by atoms with van der Waals surface area (Å²) in [5, 5.41) is 8.25. The monoisotopic (exact) mass is 410 g/mol. The number of methoxy groups -OCH3 is 2.